The van der Waals surface area contributed by atoms with Gasteiger partial charge in [-0.05, 0) is 86.1 Å². The smallest absolute Gasteiger partial charge is 0.178 e. The molecule has 188 valence electrons. The molecule has 0 amide bonds. The zero-order valence-electron chi connectivity index (χ0n) is 20.8. The molecule has 0 spiro atoms. The average Bonchev–Trinajstić information content (AvgIpc) is 3.54. The van der Waals surface area contributed by atoms with Gasteiger partial charge in [0.05, 0.1) is 6.20 Å². The van der Waals surface area contributed by atoms with Crippen LogP contribution in [0.15, 0.2) is 48.8 Å². The van der Waals surface area contributed by atoms with Crippen LogP contribution in [-0.4, -0.2) is 42.8 Å². The lowest BCUT2D eigenvalue weighted by Crippen LogP contribution is -2.34. The van der Waals surface area contributed by atoms with E-state index < -0.39 is 0 Å². The monoisotopic (exact) mass is 484 g/mol. The van der Waals surface area contributed by atoms with Gasteiger partial charge in [0.2, 0.25) is 0 Å². The number of aromatic amines is 1. The predicted molar refractivity (Wildman–Crippen MR) is 142 cm³/mol. The summed E-state index contributed by atoms with van der Waals surface area (Å²) in [7, 11) is 0. The number of benzene rings is 1. The Labute approximate surface area is 212 Å². The summed E-state index contributed by atoms with van der Waals surface area (Å²) in [4.78, 5) is 4.38. The molecular weight excluding hydrogens is 448 g/mol. The number of H-pyrrole nitrogens is 1. The Bertz CT molecular complexity index is 1270. The molecule has 2 aliphatic rings. The molecule has 0 bridgehead atoms. The number of rotatable bonds is 9. The van der Waals surface area contributed by atoms with E-state index in [4.69, 9.17) is 10.8 Å². The van der Waals surface area contributed by atoms with Crippen LogP contribution < -0.4 is 11.1 Å². The highest BCUT2D eigenvalue weighted by Gasteiger charge is 2.25. The Kier molecular flexibility index (Phi) is 6.68. The second kappa shape index (κ2) is 10.4. The van der Waals surface area contributed by atoms with E-state index in [0.29, 0.717) is 23.4 Å². The van der Waals surface area contributed by atoms with Gasteiger partial charge in [-0.25, -0.2) is 10.1 Å². The number of fused-ring (bicyclic) bond motifs is 1. The van der Waals surface area contributed by atoms with Crippen LogP contribution >= 0.6 is 0 Å². The molecule has 8 nitrogen and oxygen atoms in total. The first-order chi connectivity index (χ1) is 17.7. The van der Waals surface area contributed by atoms with Gasteiger partial charge in [-0.2, -0.15) is 5.10 Å². The minimum atomic E-state index is 0.131. The molecule has 1 aromatic carbocycles. The summed E-state index contributed by atoms with van der Waals surface area (Å²) in [5.74, 6) is 2.08. The Morgan fingerprint density at radius 1 is 1.08 bits per heavy atom. The number of hydrogen-bond acceptors (Lipinski definition) is 6. The predicted octanol–water partition coefficient (Wildman–Crippen LogP) is 4.77. The van der Waals surface area contributed by atoms with Gasteiger partial charge in [-0.3, -0.25) is 4.68 Å². The van der Waals surface area contributed by atoms with Gasteiger partial charge in [0, 0.05) is 24.7 Å². The van der Waals surface area contributed by atoms with Gasteiger partial charge in [0.1, 0.15) is 11.3 Å². The van der Waals surface area contributed by atoms with E-state index in [2.05, 4.69) is 66.9 Å². The van der Waals surface area contributed by atoms with Crippen LogP contribution in [0, 0.1) is 5.92 Å². The summed E-state index contributed by atoms with van der Waals surface area (Å²) in [6.07, 6.45) is 14.1. The Morgan fingerprint density at radius 2 is 1.92 bits per heavy atom. The van der Waals surface area contributed by atoms with Crippen molar-refractivity contribution in [2.45, 2.75) is 75.8 Å². The Morgan fingerprint density at radius 3 is 2.69 bits per heavy atom. The lowest BCUT2D eigenvalue weighted by Gasteiger charge is -2.30. The summed E-state index contributed by atoms with van der Waals surface area (Å²) in [6.45, 7) is 1.94. The van der Waals surface area contributed by atoms with Gasteiger partial charge in [0.15, 0.2) is 5.65 Å². The first kappa shape index (κ1) is 23.2. The lowest BCUT2D eigenvalue weighted by molar-refractivity contribution is 0.266. The highest BCUT2D eigenvalue weighted by molar-refractivity contribution is 5.77. The maximum atomic E-state index is 6.18. The summed E-state index contributed by atoms with van der Waals surface area (Å²) in [6, 6.07) is 13.5. The van der Waals surface area contributed by atoms with Crippen molar-refractivity contribution >= 4 is 17.0 Å². The topological polar surface area (TPSA) is 110 Å². The van der Waals surface area contributed by atoms with Gasteiger partial charge < -0.3 is 11.1 Å². The van der Waals surface area contributed by atoms with Crippen molar-refractivity contribution in [2.75, 3.05) is 12.3 Å². The summed E-state index contributed by atoms with van der Waals surface area (Å²) >= 11 is 0. The molecular formula is C28H36N8. The molecule has 8 heteroatoms. The van der Waals surface area contributed by atoms with Crippen molar-refractivity contribution in [3.63, 3.8) is 0 Å². The zero-order chi connectivity index (χ0) is 24.3. The van der Waals surface area contributed by atoms with E-state index in [1.165, 1.54) is 56.1 Å². The quantitative estimate of drug-likeness (QED) is 0.316. The summed E-state index contributed by atoms with van der Waals surface area (Å²) < 4.78 is 2.12. The van der Waals surface area contributed by atoms with Crippen molar-refractivity contribution in [3.8, 4) is 0 Å². The molecule has 1 atom stereocenters. The van der Waals surface area contributed by atoms with E-state index >= 15 is 0 Å². The SMILES string of the molecule is Nc1cc(C(CCN[C@H]2CC[C@H](c3ccccc3)CC2)c2cnn(CC3CCC3)c2)c2nn[nH]c2n1. The van der Waals surface area contributed by atoms with Crippen LogP contribution in [0.1, 0.15) is 79.9 Å². The fraction of sp³-hybridized carbons (Fsp3) is 0.500. The first-order valence-corrected chi connectivity index (χ1v) is 13.5. The van der Waals surface area contributed by atoms with Crippen LogP contribution in [-0.2, 0) is 6.54 Å². The molecule has 0 aliphatic heterocycles. The minimum absolute atomic E-state index is 0.131. The van der Waals surface area contributed by atoms with Crippen LogP contribution in [0.3, 0.4) is 0 Å². The fourth-order valence-corrected chi connectivity index (χ4v) is 6.04. The number of aromatic nitrogens is 6. The lowest BCUT2D eigenvalue weighted by atomic mass is 9.81. The molecule has 6 rings (SSSR count). The number of nitrogens with zero attached hydrogens (tertiary/aromatic N) is 5. The molecule has 1 unspecified atom stereocenters. The molecule has 0 radical (unpaired) electrons. The molecule has 0 saturated heterocycles. The third kappa shape index (κ3) is 5.00. The zero-order valence-corrected chi connectivity index (χ0v) is 20.8. The third-order valence-electron chi connectivity index (χ3n) is 8.31. The normalized spacial score (nSPS) is 21.4. The van der Waals surface area contributed by atoms with Gasteiger partial charge in [0.25, 0.3) is 0 Å². The molecule has 4 N–H and O–H groups in total. The number of hydrogen-bond donors (Lipinski definition) is 3. The number of nitrogens with two attached hydrogens (primary N) is 1. The summed E-state index contributed by atoms with van der Waals surface area (Å²) in [5, 5.41) is 19.8. The van der Waals surface area contributed by atoms with E-state index in [9.17, 15) is 0 Å². The maximum Gasteiger partial charge on any atom is 0.178 e. The van der Waals surface area contributed by atoms with E-state index in [0.717, 1.165) is 36.5 Å². The number of pyridine rings is 1. The second-order valence-corrected chi connectivity index (χ2v) is 10.7. The molecule has 3 heterocycles. The molecule has 3 aromatic heterocycles. The Hall–Kier alpha value is -3.26. The van der Waals surface area contributed by atoms with Crippen LogP contribution in [0.25, 0.3) is 11.2 Å². The summed E-state index contributed by atoms with van der Waals surface area (Å²) in [5.41, 5.74) is 11.4. The van der Waals surface area contributed by atoms with Crippen LogP contribution in [0.2, 0.25) is 0 Å². The third-order valence-corrected chi connectivity index (χ3v) is 8.31. The van der Waals surface area contributed by atoms with Crippen LogP contribution in [0.5, 0.6) is 0 Å². The van der Waals surface area contributed by atoms with Crippen molar-refractivity contribution < 1.29 is 0 Å². The molecule has 2 aliphatic carbocycles. The van der Waals surface area contributed by atoms with Crippen molar-refractivity contribution in [2.24, 2.45) is 5.92 Å². The second-order valence-electron chi connectivity index (χ2n) is 10.7. The van der Waals surface area contributed by atoms with E-state index in [1.54, 1.807) is 0 Å². The number of nitrogens with one attached hydrogen (secondary N) is 2. The minimum Gasteiger partial charge on any atom is -0.384 e. The first-order valence-electron chi connectivity index (χ1n) is 13.5. The molecule has 36 heavy (non-hydrogen) atoms. The molecule has 4 aromatic rings. The maximum absolute atomic E-state index is 6.18. The highest BCUT2D eigenvalue weighted by atomic mass is 15.3. The molecule has 2 fully saturated rings. The van der Waals surface area contributed by atoms with Crippen molar-refractivity contribution in [3.05, 3.63) is 65.5 Å². The largest absolute Gasteiger partial charge is 0.384 e. The van der Waals surface area contributed by atoms with E-state index in [-0.39, 0.29) is 5.92 Å². The Balaban J connectivity index is 1.14. The molecule has 2 saturated carbocycles. The van der Waals surface area contributed by atoms with Gasteiger partial charge in [-0.15, -0.1) is 5.10 Å². The van der Waals surface area contributed by atoms with Crippen molar-refractivity contribution in [1.82, 2.24) is 35.5 Å². The van der Waals surface area contributed by atoms with Crippen LogP contribution in [0.4, 0.5) is 5.82 Å². The average molecular weight is 485 g/mol. The number of anilines is 1. The fourth-order valence-electron chi connectivity index (χ4n) is 6.04. The van der Waals surface area contributed by atoms with E-state index in [1.807, 2.05) is 12.3 Å². The van der Waals surface area contributed by atoms with Gasteiger partial charge >= 0.3 is 0 Å². The van der Waals surface area contributed by atoms with Crippen molar-refractivity contribution in [1.29, 1.82) is 0 Å². The highest BCUT2D eigenvalue weighted by Crippen LogP contribution is 2.35. The standard InChI is InChI=1S/C28H36N8/c29-26-15-25(27-28(32-26)34-35-33-27)24(22-16-31-36(18-22)17-19-5-4-6-19)13-14-30-23-11-9-21(10-12-23)20-7-2-1-3-8-20/h1-3,7-8,15-16,18-19,21,23-24,30H,4-6,9-14,17H2,(H3,29,32,33,34,35)/t21-,23-,24?. The van der Waals surface area contributed by atoms with Gasteiger partial charge in [-0.1, -0.05) is 42.0 Å². The number of nitrogen functional groups attached to an aromatic ring is 1.